The Bertz CT molecular complexity index is 2000. The van der Waals surface area contributed by atoms with Crippen LogP contribution in [0.5, 0.6) is 28.7 Å². The first-order valence-corrected chi connectivity index (χ1v) is 13.5. The Hall–Kier alpha value is -5.42. The van der Waals surface area contributed by atoms with Gasteiger partial charge >= 0.3 is 0 Å². The summed E-state index contributed by atoms with van der Waals surface area (Å²) in [5.74, 6) is -4.14. The summed E-state index contributed by atoms with van der Waals surface area (Å²) in [6.45, 7) is 0. The van der Waals surface area contributed by atoms with Gasteiger partial charge in [-0.2, -0.15) is 0 Å². The molecule has 7 rings (SSSR count). The van der Waals surface area contributed by atoms with E-state index in [2.05, 4.69) is 60.7 Å². The van der Waals surface area contributed by atoms with Crippen LogP contribution in [0.2, 0.25) is 0 Å². The van der Waals surface area contributed by atoms with Gasteiger partial charge in [0, 0.05) is 5.56 Å². The van der Waals surface area contributed by atoms with E-state index in [9.17, 15) is 25.5 Å². The minimum absolute atomic E-state index is 0.130. The van der Waals surface area contributed by atoms with Crippen LogP contribution in [0.25, 0.3) is 61.0 Å². The molecule has 0 fully saturated rings. The number of phenolic OH excluding ortho intramolecular Hbond substituents is 5. The van der Waals surface area contributed by atoms with Crippen molar-refractivity contribution in [3.05, 3.63) is 108 Å². The number of hydrogen-bond acceptors (Lipinski definition) is 5. The van der Waals surface area contributed by atoms with Crippen LogP contribution in [-0.4, -0.2) is 25.5 Å². The summed E-state index contributed by atoms with van der Waals surface area (Å²) in [5, 5.41) is 56.5. The monoisotopic (exact) mass is 538 g/mol. The van der Waals surface area contributed by atoms with E-state index in [0.29, 0.717) is 5.56 Å². The van der Waals surface area contributed by atoms with Crippen molar-refractivity contribution in [2.24, 2.45) is 0 Å². The van der Waals surface area contributed by atoms with Crippen molar-refractivity contribution in [1.29, 1.82) is 0 Å². The van der Waals surface area contributed by atoms with Crippen LogP contribution >= 0.6 is 0 Å². The Morgan fingerprint density at radius 3 is 1.73 bits per heavy atom. The SMILES string of the molecule is Oc1c(O)c(O)c(-c2c3c(c(-c4ccc(-c5cccc6ccccc56)cc4)c4ccccc24)CCC=C3)c(O)c1O. The maximum atomic E-state index is 10.9. The molecule has 200 valence electrons. The standard InChI is InChI=1S/C36H26O5/c37-32-31(33(38)35(40)36(41)34(32)39)30-27-13-5-3-11-25(27)29(26-12-4-6-14-28(26)30)22-18-16-21(17-19-22)24-15-7-9-20-8-1-2-10-23(20)24/h1-3,5-11,13-19,37-41H,4,12H2. The molecular formula is C36H26O5. The molecule has 6 aromatic rings. The maximum Gasteiger partial charge on any atom is 0.208 e. The third-order valence-electron chi connectivity index (χ3n) is 8.10. The molecule has 6 aromatic carbocycles. The first kappa shape index (κ1) is 24.6. The van der Waals surface area contributed by atoms with Crippen molar-refractivity contribution in [3.8, 4) is 62.1 Å². The fourth-order valence-electron chi connectivity index (χ4n) is 6.20. The van der Waals surface area contributed by atoms with E-state index in [4.69, 9.17) is 0 Å². The summed E-state index contributed by atoms with van der Waals surface area (Å²) in [7, 11) is 0. The maximum absolute atomic E-state index is 10.9. The molecule has 1 aliphatic rings. The zero-order chi connectivity index (χ0) is 28.2. The second kappa shape index (κ2) is 9.35. The molecule has 0 atom stereocenters. The molecule has 0 saturated heterocycles. The van der Waals surface area contributed by atoms with Crippen molar-refractivity contribution >= 4 is 27.6 Å². The van der Waals surface area contributed by atoms with Gasteiger partial charge in [-0.05, 0) is 67.8 Å². The lowest BCUT2D eigenvalue weighted by atomic mass is 9.79. The highest BCUT2D eigenvalue weighted by Crippen LogP contribution is 2.57. The van der Waals surface area contributed by atoms with Crippen LogP contribution in [-0.2, 0) is 6.42 Å². The smallest absolute Gasteiger partial charge is 0.208 e. The van der Waals surface area contributed by atoms with E-state index >= 15 is 0 Å². The fourth-order valence-corrected chi connectivity index (χ4v) is 6.20. The summed E-state index contributed by atoms with van der Waals surface area (Å²) < 4.78 is 0. The minimum atomic E-state index is -0.972. The molecule has 0 aliphatic heterocycles. The molecule has 5 nitrogen and oxygen atoms in total. The van der Waals surface area contributed by atoms with E-state index in [1.54, 1.807) is 0 Å². The number of hydrogen-bond donors (Lipinski definition) is 5. The first-order valence-electron chi connectivity index (χ1n) is 13.5. The van der Waals surface area contributed by atoms with Gasteiger partial charge in [0.1, 0.15) is 0 Å². The van der Waals surface area contributed by atoms with Gasteiger partial charge < -0.3 is 25.5 Å². The van der Waals surface area contributed by atoms with Gasteiger partial charge in [0.25, 0.3) is 0 Å². The molecule has 5 heteroatoms. The number of phenols is 5. The largest absolute Gasteiger partial charge is 0.504 e. The lowest BCUT2D eigenvalue weighted by Crippen LogP contribution is -2.03. The van der Waals surface area contributed by atoms with Crippen LogP contribution < -0.4 is 0 Å². The molecule has 0 bridgehead atoms. The Labute approximate surface area is 236 Å². The number of aromatic hydroxyl groups is 5. The summed E-state index contributed by atoms with van der Waals surface area (Å²) in [4.78, 5) is 0. The number of fused-ring (bicyclic) bond motifs is 3. The lowest BCUT2D eigenvalue weighted by molar-refractivity contribution is 0.330. The molecule has 0 amide bonds. The van der Waals surface area contributed by atoms with Gasteiger partial charge in [-0.25, -0.2) is 0 Å². The third-order valence-corrected chi connectivity index (χ3v) is 8.10. The van der Waals surface area contributed by atoms with Crippen molar-refractivity contribution in [1.82, 2.24) is 0 Å². The highest BCUT2D eigenvalue weighted by atomic mass is 16.4. The highest BCUT2D eigenvalue weighted by molar-refractivity contribution is 6.12. The quantitative estimate of drug-likeness (QED) is 0.115. The minimum Gasteiger partial charge on any atom is -0.504 e. The third kappa shape index (κ3) is 3.70. The zero-order valence-corrected chi connectivity index (χ0v) is 22.0. The number of benzene rings is 6. The summed E-state index contributed by atoms with van der Waals surface area (Å²) in [5.41, 5.74) is 6.52. The summed E-state index contributed by atoms with van der Waals surface area (Å²) in [6, 6.07) is 30.9. The number of allylic oxidation sites excluding steroid dienone is 1. The van der Waals surface area contributed by atoms with Crippen LogP contribution in [0.15, 0.2) is 97.1 Å². The fraction of sp³-hybridized carbons (Fsp3) is 0.0556. The topological polar surface area (TPSA) is 101 Å². The van der Waals surface area contributed by atoms with Gasteiger partial charge in [-0.15, -0.1) is 0 Å². The molecule has 1 aliphatic carbocycles. The Balaban J connectivity index is 1.49. The second-order valence-corrected chi connectivity index (χ2v) is 10.4. The Morgan fingerprint density at radius 2 is 1.02 bits per heavy atom. The first-order chi connectivity index (χ1) is 20.0. The normalized spacial score (nSPS) is 12.6. The van der Waals surface area contributed by atoms with Gasteiger partial charge in [-0.1, -0.05) is 103 Å². The average Bonchev–Trinajstić information content (AvgIpc) is 3.02. The van der Waals surface area contributed by atoms with Gasteiger partial charge in [0.15, 0.2) is 11.5 Å². The van der Waals surface area contributed by atoms with Gasteiger partial charge in [0.2, 0.25) is 17.2 Å². The molecular weight excluding hydrogens is 512 g/mol. The molecule has 41 heavy (non-hydrogen) atoms. The second-order valence-electron chi connectivity index (χ2n) is 10.4. The van der Waals surface area contributed by atoms with Crippen LogP contribution in [0.4, 0.5) is 0 Å². The molecule has 0 radical (unpaired) electrons. The van der Waals surface area contributed by atoms with E-state index < -0.39 is 28.7 Å². The molecule has 0 unspecified atom stereocenters. The molecule has 0 aromatic heterocycles. The van der Waals surface area contributed by atoms with E-state index in [0.717, 1.165) is 57.0 Å². The van der Waals surface area contributed by atoms with Crippen LogP contribution in [0, 0.1) is 0 Å². The predicted octanol–water partition coefficient (Wildman–Crippen LogP) is 8.48. The predicted molar refractivity (Wildman–Crippen MR) is 163 cm³/mol. The van der Waals surface area contributed by atoms with Crippen LogP contribution in [0.3, 0.4) is 0 Å². The average molecular weight is 539 g/mol. The van der Waals surface area contributed by atoms with Crippen molar-refractivity contribution in [2.75, 3.05) is 0 Å². The van der Waals surface area contributed by atoms with E-state index in [1.165, 1.54) is 10.8 Å². The van der Waals surface area contributed by atoms with Crippen LogP contribution in [0.1, 0.15) is 17.5 Å². The van der Waals surface area contributed by atoms with Gasteiger partial charge in [-0.3, -0.25) is 0 Å². The Kier molecular flexibility index (Phi) is 5.61. The highest BCUT2D eigenvalue weighted by Gasteiger charge is 2.29. The van der Waals surface area contributed by atoms with Gasteiger partial charge in [0.05, 0.1) is 5.56 Å². The van der Waals surface area contributed by atoms with Crippen molar-refractivity contribution in [3.63, 3.8) is 0 Å². The zero-order valence-electron chi connectivity index (χ0n) is 22.0. The molecule has 0 heterocycles. The van der Waals surface area contributed by atoms with Crippen molar-refractivity contribution < 1.29 is 25.5 Å². The molecule has 0 spiro atoms. The number of rotatable bonds is 3. The summed E-state index contributed by atoms with van der Waals surface area (Å²) >= 11 is 0. The molecule has 0 saturated carbocycles. The Morgan fingerprint density at radius 1 is 0.463 bits per heavy atom. The van der Waals surface area contributed by atoms with Crippen molar-refractivity contribution in [2.45, 2.75) is 12.8 Å². The lowest BCUT2D eigenvalue weighted by Gasteiger charge is -2.25. The van der Waals surface area contributed by atoms with E-state index in [1.807, 2.05) is 42.5 Å². The molecule has 5 N–H and O–H groups in total. The summed E-state index contributed by atoms with van der Waals surface area (Å²) in [6.07, 6.45) is 5.52. The van der Waals surface area contributed by atoms with E-state index in [-0.39, 0.29) is 5.56 Å².